The van der Waals surface area contributed by atoms with Gasteiger partial charge in [0.1, 0.15) is 18.0 Å². The average molecular weight is 378 g/mol. The molecule has 0 saturated carbocycles. The van der Waals surface area contributed by atoms with Crippen molar-refractivity contribution < 1.29 is 9.53 Å². The molecule has 4 rings (SSSR count). The Labute approximate surface area is 164 Å². The van der Waals surface area contributed by atoms with Gasteiger partial charge in [-0.05, 0) is 55.5 Å². The maximum atomic E-state index is 12.0. The number of nitrogens with zero attached hydrogens (tertiary/aromatic N) is 2. The van der Waals surface area contributed by atoms with Crippen molar-refractivity contribution in [2.45, 2.75) is 45.4 Å². The molecule has 1 aliphatic rings. The quantitative estimate of drug-likeness (QED) is 0.692. The zero-order valence-electron chi connectivity index (χ0n) is 16.1. The lowest BCUT2D eigenvalue weighted by Crippen LogP contribution is -2.42. The molecule has 2 N–H and O–H groups in total. The molecule has 6 heteroatoms. The third kappa shape index (κ3) is 4.34. The van der Waals surface area contributed by atoms with E-state index >= 15 is 0 Å². The number of ether oxygens (including phenoxy) is 1. The third-order valence-electron chi connectivity index (χ3n) is 5.13. The van der Waals surface area contributed by atoms with Crippen LogP contribution in [0.4, 0.5) is 0 Å². The highest BCUT2D eigenvalue weighted by atomic mass is 16.5. The maximum absolute atomic E-state index is 12.0. The van der Waals surface area contributed by atoms with Crippen molar-refractivity contribution in [1.29, 1.82) is 0 Å². The Morgan fingerprint density at radius 3 is 2.93 bits per heavy atom. The number of amides is 1. The van der Waals surface area contributed by atoms with Crippen molar-refractivity contribution in [1.82, 2.24) is 20.0 Å². The van der Waals surface area contributed by atoms with Crippen molar-refractivity contribution in [2.24, 2.45) is 0 Å². The first-order valence-corrected chi connectivity index (χ1v) is 9.85. The van der Waals surface area contributed by atoms with Gasteiger partial charge in [-0.15, -0.1) is 0 Å². The Hall–Kier alpha value is -2.86. The predicted octanol–water partition coefficient (Wildman–Crippen LogP) is 2.98. The topological polar surface area (TPSA) is 67.7 Å². The van der Waals surface area contributed by atoms with Gasteiger partial charge >= 0.3 is 0 Å². The minimum Gasteiger partial charge on any atom is -0.487 e. The zero-order chi connectivity index (χ0) is 19.3. The van der Waals surface area contributed by atoms with E-state index in [9.17, 15) is 4.79 Å². The highest BCUT2D eigenvalue weighted by molar-refractivity contribution is 5.81. The van der Waals surface area contributed by atoms with E-state index < -0.39 is 0 Å². The normalized spacial score (nSPS) is 17.3. The monoisotopic (exact) mass is 378 g/mol. The molecule has 0 aliphatic carbocycles. The third-order valence-corrected chi connectivity index (χ3v) is 5.13. The van der Waals surface area contributed by atoms with Gasteiger partial charge in [0, 0.05) is 25.5 Å². The van der Waals surface area contributed by atoms with Crippen LogP contribution in [0.25, 0.3) is 5.65 Å². The van der Waals surface area contributed by atoms with Gasteiger partial charge in [-0.1, -0.05) is 18.2 Å². The van der Waals surface area contributed by atoms with Gasteiger partial charge in [0.05, 0.1) is 11.7 Å². The summed E-state index contributed by atoms with van der Waals surface area (Å²) in [5.41, 5.74) is 4.14. The Balaban J connectivity index is 1.31. The number of hydrogen-bond donors (Lipinski definition) is 2. The van der Waals surface area contributed by atoms with Gasteiger partial charge < -0.3 is 19.8 Å². The molecule has 146 valence electrons. The van der Waals surface area contributed by atoms with Crippen molar-refractivity contribution in [3.63, 3.8) is 0 Å². The number of carbonyl (C=O) groups excluding carboxylic acids is 1. The average Bonchev–Trinajstić information content (AvgIpc) is 3.03. The molecule has 1 atom stereocenters. The number of rotatable bonds is 6. The fraction of sp³-hybridized carbons (Fsp3) is 0.364. The van der Waals surface area contributed by atoms with Crippen molar-refractivity contribution >= 4 is 11.6 Å². The van der Waals surface area contributed by atoms with Crippen LogP contribution >= 0.6 is 0 Å². The van der Waals surface area contributed by atoms with Crippen LogP contribution in [0.3, 0.4) is 0 Å². The lowest BCUT2D eigenvalue weighted by molar-refractivity contribution is -0.122. The summed E-state index contributed by atoms with van der Waals surface area (Å²) >= 11 is 0. The van der Waals surface area contributed by atoms with E-state index in [-0.39, 0.29) is 11.9 Å². The summed E-state index contributed by atoms with van der Waals surface area (Å²) in [4.78, 5) is 16.6. The van der Waals surface area contributed by atoms with E-state index in [1.165, 1.54) is 0 Å². The van der Waals surface area contributed by atoms with E-state index in [2.05, 4.69) is 28.6 Å². The molecule has 28 heavy (non-hydrogen) atoms. The minimum absolute atomic E-state index is 0.100. The van der Waals surface area contributed by atoms with Gasteiger partial charge in [-0.3, -0.25) is 4.79 Å². The first-order chi connectivity index (χ1) is 13.7. The second-order valence-corrected chi connectivity index (χ2v) is 7.31. The van der Waals surface area contributed by atoms with Crippen molar-refractivity contribution in [2.75, 3.05) is 6.54 Å². The van der Waals surface area contributed by atoms with Crippen molar-refractivity contribution in [3.05, 3.63) is 65.6 Å². The summed E-state index contributed by atoms with van der Waals surface area (Å²) < 4.78 is 7.90. The number of fused-ring (bicyclic) bond motifs is 1. The van der Waals surface area contributed by atoms with Crippen LogP contribution in [0.15, 0.2) is 48.8 Å². The summed E-state index contributed by atoms with van der Waals surface area (Å²) in [6.45, 7) is 3.94. The summed E-state index contributed by atoms with van der Waals surface area (Å²) in [7, 11) is 0. The SMILES string of the molecule is Cc1cccn2cc(COc3ccc(CNC4CCCCNC4=O)cc3)nc12. The number of hydrogen-bond acceptors (Lipinski definition) is 4. The standard InChI is InChI=1S/C22H26N4O2/c1-16-5-4-12-26-14-18(25-21(16)26)15-28-19-9-7-17(8-10-19)13-24-20-6-2-3-11-23-22(20)27/h4-5,7-10,12,14,20,24H,2-3,6,11,13,15H2,1H3,(H,23,27). The summed E-state index contributed by atoms with van der Waals surface area (Å²) in [5.74, 6) is 0.921. The molecular formula is C22H26N4O2. The molecule has 1 saturated heterocycles. The van der Waals surface area contributed by atoms with E-state index in [1.54, 1.807) is 0 Å². The maximum Gasteiger partial charge on any atom is 0.237 e. The molecule has 2 aromatic heterocycles. The number of imidazole rings is 1. The Kier molecular flexibility index (Phi) is 5.58. The van der Waals surface area contributed by atoms with E-state index in [4.69, 9.17) is 4.74 Å². The molecule has 3 aromatic rings. The molecular weight excluding hydrogens is 352 g/mol. The summed E-state index contributed by atoms with van der Waals surface area (Å²) in [5, 5.41) is 6.32. The molecule has 0 radical (unpaired) electrons. The van der Waals surface area contributed by atoms with E-state index in [0.717, 1.165) is 54.0 Å². The van der Waals surface area contributed by atoms with Crippen LogP contribution in [0.1, 0.15) is 36.1 Å². The zero-order valence-corrected chi connectivity index (χ0v) is 16.1. The summed E-state index contributed by atoms with van der Waals surface area (Å²) in [6, 6.07) is 12.0. The van der Waals surface area contributed by atoms with Crippen LogP contribution in [0, 0.1) is 6.92 Å². The second kappa shape index (κ2) is 8.44. The fourth-order valence-corrected chi connectivity index (χ4v) is 3.51. The molecule has 1 aliphatic heterocycles. The fourth-order valence-electron chi connectivity index (χ4n) is 3.51. The molecule has 1 fully saturated rings. The molecule has 1 amide bonds. The minimum atomic E-state index is -0.100. The van der Waals surface area contributed by atoms with Crippen LogP contribution in [0.2, 0.25) is 0 Å². The van der Waals surface area contributed by atoms with Gasteiger partial charge in [0.15, 0.2) is 0 Å². The molecule has 1 unspecified atom stereocenters. The lowest BCUT2D eigenvalue weighted by atomic mass is 10.1. The lowest BCUT2D eigenvalue weighted by Gasteiger charge is -2.15. The number of nitrogens with one attached hydrogen (secondary N) is 2. The second-order valence-electron chi connectivity index (χ2n) is 7.31. The molecule has 1 aromatic carbocycles. The highest BCUT2D eigenvalue weighted by Crippen LogP contribution is 2.16. The smallest absolute Gasteiger partial charge is 0.237 e. The van der Waals surface area contributed by atoms with E-state index in [0.29, 0.717) is 13.2 Å². The Morgan fingerprint density at radius 2 is 2.11 bits per heavy atom. The van der Waals surface area contributed by atoms with Crippen LogP contribution in [0.5, 0.6) is 5.75 Å². The number of aromatic nitrogens is 2. The van der Waals surface area contributed by atoms with Crippen LogP contribution in [-0.4, -0.2) is 27.9 Å². The van der Waals surface area contributed by atoms with Gasteiger partial charge in [-0.2, -0.15) is 0 Å². The number of benzene rings is 1. The Morgan fingerprint density at radius 1 is 1.25 bits per heavy atom. The Bertz CT molecular complexity index is 949. The van der Waals surface area contributed by atoms with E-state index in [1.807, 2.05) is 47.1 Å². The molecule has 0 bridgehead atoms. The first kappa shape index (κ1) is 18.5. The first-order valence-electron chi connectivity index (χ1n) is 9.85. The van der Waals surface area contributed by atoms with Crippen LogP contribution in [-0.2, 0) is 17.9 Å². The van der Waals surface area contributed by atoms with Crippen LogP contribution < -0.4 is 15.4 Å². The highest BCUT2D eigenvalue weighted by Gasteiger charge is 2.19. The van der Waals surface area contributed by atoms with Crippen molar-refractivity contribution in [3.8, 4) is 5.75 Å². The summed E-state index contributed by atoms with van der Waals surface area (Å²) in [6.07, 6.45) is 7.02. The van der Waals surface area contributed by atoms with Gasteiger partial charge in [-0.25, -0.2) is 4.98 Å². The number of carbonyl (C=O) groups is 1. The largest absolute Gasteiger partial charge is 0.487 e. The molecule has 6 nitrogen and oxygen atoms in total. The molecule has 0 spiro atoms. The molecule has 3 heterocycles. The number of aryl methyl sites for hydroxylation is 1. The van der Waals surface area contributed by atoms with Gasteiger partial charge in [0.2, 0.25) is 5.91 Å². The van der Waals surface area contributed by atoms with Gasteiger partial charge in [0.25, 0.3) is 0 Å². The predicted molar refractivity (Wildman–Crippen MR) is 108 cm³/mol. The number of pyridine rings is 1.